The second-order valence-electron chi connectivity index (χ2n) is 5.79. The number of benzene rings is 1. The zero-order valence-corrected chi connectivity index (χ0v) is 12.3. The van der Waals surface area contributed by atoms with Gasteiger partial charge in [0.25, 0.3) is 0 Å². The average Bonchev–Trinajstić information content (AvgIpc) is 2.54. The molecule has 110 valence electrons. The molecule has 1 aliphatic carbocycles. The van der Waals surface area contributed by atoms with E-state index in [-0.39, 0.29) is 0 Å². The quantitative estimate of drug-likeness (QED) is 0.934. The van der Waals surface area contributed by atoms with Crippen LogP contribution in [0.1, 0.15) is 55.2 Å². The zero-order chi connectivity index (χ0) is 14.5. The van der Waals surface area contributed by atoms with Crippen molar-refractivity contribution in [2.45, 2.75) is 50.9 Å². The third kappa shape index (κ3) is 3.78. The minimum absolute atomic E-state index is 0.369. The summed E-state index contributed by atoms with van der Waals surface area (Å²) in [4.78, 5) is 13.3. The minimum Gasteiger partial charge on any atom is -0.368 e. The van der Waals surface area contributed by atoms with Gasteiger partial charge >= 0.3 is 0 Å². The lowest BCUT2D eigenvalue weighted by Gasteiger charge is -2.20. The Morgan fingerprint density at radius 3 is 2.43 bits per heavy atom. The zero-order valence-electron chi connectivity index (χ0n) is 12.3. The predicted octanol–water partition coefficient (Wildman–Crippen LogP) is 3.29. The molecule has 2 N–H and O–H groups in total. The average molecular weight is 282 g/mol. The molecule has 1 aliphatic rings. The summed E-state index contributed by atoms with van der Waals surface area (Å²) in [6.07, 6.45) is 8.00. The Hall–Kier alpha value is -1.97. The molecule has 3 rings (SSSR count). The van der Waals surface area contributed by atoms with Gasteiger partial charge in [-0.1, -0.05) is 49.6 Å². The van der Waals surface area contributed by atoms with Crippen LogP contribution in [0.25, 0.3) is 0 Å². The lowest BCUT2D eigenvalue weighted by molar-refractivity contribution is 0.426. The summed E-state index contributed by atoms with van der Waals surface area (Å²) in [6.45, 7) is 0. The Bertz CT molecular complexity index is 577. The van der Waals surface area contributed by atoms with Gasteiger partial charge in [-0.3, -0.25) is 0 Å². The Balaban J connectivity index is 1.71. The van der Waals surface area contributed by atoms with E-state index in [2.05, 4.69) is 39.2 Å². The highest BCUT2D eigenvalue weighted by Gasteiger charge is 2.19. The highest BCUT2D eigenvalue weighted by molar-refractivity contribution is 5.20. The summed E-state index contributed by atoms with van der Waals surface area (Å²) in [5.41, 5.74) is 7.17. The smallest absolute Gasteiger partial charge is 0.223 e. The number of aromatic nitrogens is 3. The molecule has 21 heavy (non-hydrogen) atoms. The summed E-state index contributed by atoms with van der Waals surface area (Å²) in [6, 6.07) is 10.4. The molecule has 0 spiro atoms. The van der Waals surface area contributed by atoms with Gasteiger partial charge in [0.15, 0.2) is 0 Å². The molecule has 0 amide bonds. The Morgan fingerprint density at radius 2 is 1.67 bits per heavy atom. The van der Waals surface area contributed by atoms with Crippen LogP contribution in [0.3, 0.4) is 0 Å². The lowest BCUT2D eigenvalue weighted by Crippen LogP contribution is -2.14. The van der Waals surface area contributed by atoms with Crippen molar-refractivity contribution in [1.82, 2.24) is 15.0 Å². The van der Waals surface area contributed by atoms with Crippen molar-refractivity contribution < 1.29 is 0 Å². The van der Waals surface area contributed by atoms with Crippen molar-refractivity contribution in [3.63, 3.8) is 0 Å². The van der Waals surface area contributed by atoms with Gasteiger partial charge in [-0.15, -0.1) is 0 Å². The summed E-state index contributed by atoms with van der Waals surface area (Å²) in [7, 11) is 0. The fourth-order valence-electron chi connectivity index (χ4n) is 3.01. The third-order valence-electron chi connectivity index (χ3n) is 4.17. The van der Waals surface area contributed by atoms with Gasteiger partial charge in [-0.05, 0) is 24.8 Å². The number of rotatable bonds is 4. The van der Waals surface area contributed by atoms with Crippen LogP contribution in [0.15, 0.2) is 30.3 Å². The van der Waals surface area contributed by atoms with Gasteiger partial charge in [0.05, 0.1) is 0 Å². The maximum atomic E-state index is 5.87. The summed E-state index contributed by atoms with van der Waals surface area (Å²) >= 11 is 0. The van der Waals surface area contributed by atoms with Gasteiger partial charge in [-0.25, -0.2) is 4.98 Å². The summed E-state index contributed by atoms with van der Waals surface area (Å²) in [5, 5.41) is 0. The van der Waals surface area contributed by atoms with Crippen molar-refractivity contribution in [3.8, 4) is 0 Å². The van der Waals surface area contributed by atoms with Crippen molar-refractivity contribution >= 4 is 5.95 Å². The van der Waals surface area contributed by atoms with E-state index in [0.29, 0.717) is 11.9 Å². The minimum atomic E-state index is 0.369. The molecule has 0 radical (unpaired) electrons. The van der Waals surface area contributed by atoms with Crippen molar-refractivity contribution in [2.75, 3.05) is 5.73 Å². The van der Waals surface area contributed by atoms with Gasteiger partial charge < -0.3 is 5.73 Å². The SMILES string of the molecule is Nc1nc(CCc2ccccc2)nc(C2CCCCC2)n1. The van der Waals surface area contributed by atoms with E-state index < -0.39 is 0 Å². The standard InChI is InChI=1S/C17H22N4/c18-17-20-15(12-11-13-7-3-1-4-8-13)19-16(21-17)14-9-5-2-6-10-14/h1,3-4,7-8,14H,2,5-6,9-12H2,(H2,18,19,20,21). The van der Waals surface area contributed by atoms with Crippen LogP contribution in [0.4, 0.5) is 5.95 Å². The van der Waals surface area contributed by atoms with E-state index >= 15 is 0 Å². The molecule has 2 aromatic rings. The van der Waals surface area contributed by atoms with Gasteiger partial charge in [0.2, 0.25) is 5.95 Å². The van der Waals surface area contributed by atoms with E-state index in [1.54, 1.807) is 0 Å². The van der Waals surface area contributed by atoms with Crippen LogP contribution in [0.5, 0.6) is 0 Å². The normalized spacial score (nSPS) is 16.0. The van der Waals surface area contributed by atoms with Crippen LogP contribution in [0, 0.1) is 0 Å². The first-order valence-corrected chi connectivity index (χ1v) is 7.85. The second-order valence-corrected chi connectivity index (χ2v) is 5.79. The number of nitrogens with zero attached hydrogens (tertiary/aromatic N) is 3. The first-order chi connectivity index (χ1) is 10.3. The monoisotopic (exact) mass is 282 g/mol. The molecule has 0 atom stereocenters. The number of hydrogen-bond donors (Lipinski definition) is 1. The molecule has 0 saturated heterocycles. The van der Waals surface area contributed by atoms with Crippen LogP contribution in [0.2, 0.25) is 0 Å². The number of nitrogen functional groups attached to an aromatic ring is 1. The molecule has 4 heteroatoms. The Morgan fingerprint density at radius 1 is 0.905 bits per heavy atom. The van der Waals surface area contributed by atoms with Gasteiger partial charge in [-0.2, -0.15) is 9.97 Å². The van der Waals surface area contributed by atoms with Crippen molar-refractivity contribution in [3.05, 3.63) is 47.5 Å². The maximum Gasteiger partial charge on any atom is 0.223 e. The highest BCUT2D eigenvalue weighted by Crippen LogP contribution is 2.30. The Kier molecular flexibility index (Phi) is 4.43. The molecule has 1 fully saturated rings. The van der Waals surface area contributed by atoms with Gasteiger partial charge in [0, 0.05) is 12.3 Å². The van der Waals surface area contributed by atoms with E-state index in [9.17, 15) is 0 Å². The molecule has 1 aromatic carbocycles. The van der Waals surface area contributed by atoms with Gasteiger partial charge in [0.1, 0.15) is 11.6 Å². The molecule has 0 bridgehead atoms. The highest BCUT2D eigenvalue weighted by atomic mass is 15.1. The van der Waals surface area contributed by atoms with Crippen molar-refractivity contribution in [2.24, 2.45) is 0 Å². The number of nitrogens with two attached hydrogens (primary N) is 1. The molecule has 1 aromatic heterocycles. The van der Waals surface area contributed by atoms with Crippen LogP contribution < -0.4 is 5.73 Å². The fraction of sp³-hybridized carbons (Fsp3) is 0.471. The Labute approximate surface area is 125 Å². The summed E-state index contributed by atoms with van der Waals surface area (Å²) < 4.78 is 0. The molecule has 4 nitrogen and oxygen atoms in total. The largest absolute Gasteiger partial charge is 0.368 e. The molecule has 0 unspecified atom stereocenters. The molecular formula is C17H22N4. The fourth-order valence-corrected chi connectivity index (χ4v) is 3.01. The topological polar surface area (TPSA) is 64.7 Å². The van der Waals surface area contributed by atoms with Crippen molar-refractivity contribution in [1.29, 1.82) is 0 Å². The first-order valence-electron chi connectivity index (χ1n) is 7.85. The number of anilines is 1. The third-order valence-corrected chi connectivity index (χ3v) is 4.17. The van der Waals surface area contributed by atoms with E-state index in [1.807, 2.05) is 6.07 Å². The number of aryl methyl sites for hydroxylation is 2. The molecular weight excluding hydrogens is 260 g/mol. The van der Waals surface area contributed by atoms with Crippen LogP contribution in [-0.2, 0) is 12.8 Å². The molecule has 1 heterocycles. The van der Waals surface area contributed by atoms with Crippen LogP contribution in [-0.4, -0.2) is 15.0 Å². The lowest BCUT2D eigenvalue weighted by atomic mass is 9.89. The van der Waals surface area contributed by atoms with E-state index in [0.717, 1.165) is 24.5 Å². The first kappa shape index (κ1) is 14.0. The number of hydrogen-bond acceptors (Lipinski definition) is 4. The van der Waals surface area contributed by atoms with Crippen LogP contribution >= 0.6 is 0 Å². The van der Waals surface area contributed by atoms with E-state index in [1.165, 1.54) is 37.7 Å². The summed E-state index contributed by atoms with van der Waals surface area (Å²) in [5.74, 6) is 2.57. The van der Waals surface area contributed by atoms with E-state index in [4.69, 9.17) is 5.73 Å². The maximum absolute atomic E-state index is 5.87. The second kappa shape index (κ2) is 6.66. The molecule has 0 aliphatic heterocycles. The molecule has 1 saturated carbocycles. The predicted molar refractivity (Wildman–Crippen MR) is 83.9 cm³/mol.